The van der Waals surface area contributed by atoms with E-state index in [-0.39, 0.29) is 37.4 Å². The molecule has 3 aliphatic rings. The van der Waals surface area contributed by atoms with Crippen LogP contribution in [0.5, 0.6) is 5.75 Å². The van der Waals surface area contributed by atoms with Crippen molar-refractivity contribution in [3.05, 3.63) is 39.5 Å². The quantitative estimate of drug-likeness (QED) is 0.379. The second kappa shape index (κ2) is 12.5. The van der Waals surface area contributed by atoms with E-state index < -0.39 is 18.2 Å². The molecule has 2 fully saturated rings. The Morgan fingerprint density at radius 1 is 1.09 bits per heavy atom. The van der Waals surface area contributed by atoms with Crippen molar-refractivity contribution in [1.29, 1.82) is 0 Å². The van der Waals surface area contributed by atoms with Crippen molar-refractivity contribution in [2.45, 2.75) is 88.5 Å². The summed E-state index contributed by atoms with van der Waals surface area (Å²) < 4.78 is 7.14. The van der Waals surface area contributed by atoms with Gasteiger partial charge in [-0.1, -0.05) is 37.8 Å². The normalized spacial score (nSPS) is 25.3. The largest absolute Gasteiger partial charge is 0.482 e. The smallest absolute Gasteiger partial charge is 0.247 e. The van der Waals surface area contributed by atoms with Gasteiger partial charge in [0.05, 0.1) is 16.2 Å². The van der Waals surface area contributed by atoms with Crippen molar-refractivity contribution in [3.8, 4) is 5.75 Å². The molecule has 2 saturated carbocycles. The SMILES string of the molecule is O=C(NCCO)C1=C[C@H](Oc2ccccc2I)[C@@H](O)[C@H](N(C(=O)CC2CCCC2)C2CCCC2)C1. The van der Waals surface area contributed by atoms with Crippen LogP contribution in [0.15, 0.2) is 35.9 Å². The Balaban J connectivity index is 1.63. The van der Waals surface area contributed by atoms with Crippen LogP contribution in [0.4, 0.5) is 0 Å². The molecule has 0 bridgehead atoms. The molecule has 3 aliphatic carbocycles. The molecule has 3 N–H and O–H groups in total. The summed E-state index contributed by atoms with van der Waals surface area (Å²) in [6.45, 7) is -0.000261. The first-order valence-electron chi connectivity index (χ1n) is 13.0. The zero-order valence-corrected chi connectivity index (χ0v) is 22.4. The number of aliphatic hydroxyl groups is 2. The van der Waals surface area contributed by atoms with Crippen LogP contribution in [-0.4, -0.2) is 64.4 Å². The van der Waals surface area contributed by atoms with E-state index in [1.54, 1.807) is 6.08 Å². The lowest BCUT2D eigenvalue weighted by molar-refractivity contribution is -0.143. The van der Waals surface area contributed by atoms with Gasteiger partial charge in [0.15, 0.2) is 0 Å². The van der Waals surface area contributed by atoms with Gasteiger partial charge < -0.3 is 25.2 Å². The van der Waals surface area contributed by atoms with E-state index in [4.69, 9.17) is 4.74 Å². The number of aliphatic hydroxyl groups excluding tert-OH is 2. The Morgan fingerprint density at radius 3 is 2.46 bits per heavy atom. The van der Waals surface area contributed by atoms with Crippen molar-refractivity contribution in [3.63, 3.8) is 0 Å². The van der Waals surface area contributed by atoms with E-state index in [2.05, 4.69) is 27.9 Å². The van der Waals surface area contributed by atoms with Crippen LogP contribution < -0.4 is 10.1 Å². The van der Waals surface area contributed by atoms with Crippen LogP contribution in [0.1, 0.15) is 64.2 Å². The molecule has 1 aromatic carbocycles. The molecule has 0 radical (unpaired) electrons. The highest BCUT2D eigenvalue weighted by Gasteiger charge is 2.43. The predicted molar refractivity (Wildman–Crippen MR) is 142 cm³/mol. The fourth-order valence-corrected chi connectivity index (χ4v) is 6.36. The summed E-state index contributed by atoms with van der Waals surface area (Å²) in [5, 5.41) is 23.5. The fraction of sp³-hybridized carbons (Fsp3) is 0.630. The zero-order valence-electron chi connectivity index (χ0n) is 20.2. The number of halogens is 1. The second-order valence-electron chi connectivity index (χ2n) is 10.0. The van der Waals surface area contributed by atoms with Gasteiger partial charge in [0.1, 0.15) is 18.0 Å². The molecule has 192 valence electrons. The lowest BCUT2D eigenvalue weighted by atomic mass is 9.86. The van der Waals surface area contributed by atoms with E-state index in [0.29, 0.717) is 23.7 Å². The molecule has 0 unspecified atom stereocenters. The van der Waals surface area contributed by atoms with Gasteiger partial charge in [0.25, 0.3) is 0 Å². The summed E-state index contributed by atoms with van der Waals surface area (Å²) >= 11 is 2.19. The number of ether oxygens (including phenoxy) is 1. The van der Waals surface area contributed by atoms with Crippen LogP contribution in [0, 0.1) is 9.49 Å². The molecule has 0 spiro atoms. The van der Waals surface area contributed by atoms with Crippen molar-refractivity contribution in [1.82, 2.24) is 10.2 Å². The van der Waals surface area contributed by atoms with Crippen molar-refractivity contribution in [2.75, 3.05) is 13.2 Å². The Bertz CT molecular complexity index is 911. The highest BCUT2D eigenvalue weighted by atomic mass is 127. The number of nitrogens with one attached hydrogen (secondary N) is 1. The maximum absolute atomic E-state index is 13.7. The van der Waals surface area contributed by atoms with Crippen LogP contribution in [0.2, 0.25) is 0 Å². The van der Waals surface area contributed by atoms with Crippen molar-refractivity contribution >= 4 is 34.4 Å². The lowest BCUT2D eigenvalue weighted by Gasteiger charge is -2.43. The number of hydrogen-bond acceptors (Lipinski definition) is 5. The average molecular weight is 597 g/mol. The number of benzene rings is 1. The van der Waals surface area contributed by atoms with Crippen LogP contribution in [-0.2, 0) is 9.59 Å². The molecule has 0 aliphatic heterocycles. The lowest BCUT2D eigenvalue weighted by Crippen LogP contribution is -2.57. The Hall–Kier alpha value is -1.65. The highest BCUT2D eigenvalue weighted by Crippen LogP contribution is 2.36. The third kappa shape index (κ3) is 6.57. The number of carbonyl (C=O) groups excluding carboxylic acids is 2. The molecule has 2 amide bonds. The number of hydrogen-bond donors (Lipinski definition) is 3. The first-order valence-corrected chi connectivity index (χ1v) is 14.1. The van der Waals surface area contributed by atoms with Gasteiger partial charge in [-0.25, -0.2) is 0 Å². The summed E-state index contributed by atoms with van der Waals surface area (Å²) in [4.78, 5) is 28.6. The van der Waals surface area contributed by atoms with Gasteiger partial charge in [0, 0.05) is 31.0 Å². The number of para-hydroxylation sites is 1. The topological polar surface area (TPSA) is 99.1 Å². The summed E-state index contributed by atoms with van der Waals surface area (Å²) in [5.74, 6) is 0.849. The maximum Gasteiger partial charge on any atom is 0.247 e. The molecule has 0 aromatic heterocycles. The molecule has 8 heteroatoms. The zero-order chi connectivity index (χ0) is 24.8. The molecule has 0 saturated heterocycles. The van der Waals surface area contributed by atoms with Gasteiger partial charge in [0.2, 0.25) is 11.8 Å². The highest BCUT2D eigenvalue weighted by molar-refractivity contribution is 14.1. The number of carbonyl (C=O) groups is 2. The summed E-state index contributed by atoms with van der Waals surface area (Å²) in [5.41, 5.74) is 0.487. The van der Waals surface area contributed by atoms with Crippen LogP contribution in [0.25, 0.3) is 0 Å². The maximum atomic E-state index is 13.7. The van der Waals surface area contributed by atoms with Gasteiger partial charge >= 0.3 is 0 Å². The van der Waals surface area contributed by atoms with Crippen molar-refractivity contribution in [2.24, 2.45) is 5.92 Å². The first kappa shape index (κ1) is 26.4. The summed E-state index contributed by atoms with van der Waals surface area (Å²) in [7, 11) is 0. The van der Waals surface area contributed by atoms with E-state index in [1.165, 1.54) is 12.8 Å². The Kier molecular flexibility index (Phi) is 9.46. The van der Waals surface area contributed by atoms with Crippen molar-refractivity contribution < 1.29 is 24.5 Å². The molecular formula is C27H37IN2O5. The minimum Gasteiger partial charge on any atom is -0.482 e. The number of nitrogens with zero attached hydrogens (tertiary/aromatic N) is 1. The molecule has 7 nitrogen and oxygen atoms in total. The fourth-order valence-electron chi connectivity index (χ4n) is 5.84. The van der Waals surface area contributed by atoms with Gasteiger partial charge in [-0.3, -0.25) is 9.59 Å². The monoisotopic (exact) mass is 596 g/mol. The average Bonchev–Trinajstić information content (AvgIpc) is 3.56. The minimum atomic E-state index is -0.950. The molecule has 0 heterocycles. The molecule has 35 heavy (non-hydrogen) atoms. The molecular weight excluding hydrogens is 559 g/mol. The Labute approximate surface area is 221 Å². The summed E-state index contributed by atoms with van der Waals surface area (Å²) in [6.07, 6.45) is 9.29. The molecule has 4 rings (SSSR count). The molecule has 1 aromatic rings. The standard InChI is InChI=1S/C27H37IN2O5/c28-21-11-5-6-12-23(21)35-24-17-19(27(34)29-13-14-31)16-22(26(24)33)30(20-9-3-4-10-20)25(32)15-18-7-1-2-8-18/h5-6,11-12,17-18,20,22,24,26,31,33H,1-4,7-10,13-16H2,(H,29,34)/t22-,24+,26+/m1/s1. The van der Waals surface area contributed by atoms with E-state index in [1.807, 2.05) is 29.2 Å². The summed E-state index contributed by atoms with van der Waals surface area (Å²) in [6, 6.07) is 7.12. The Morgan fingerprint density at radius 2 is 1.77 bits per heavy atom. The number of amides is 2. The third-order valence-electron chi connectivity index (χ3n) is 7.62. The van der Waals surface area contributed by atoms with Crippen LogP contribution in [0.3, 0.4) is 0 Å². The van der Waals surface area contributed by atoms with E-state index in [9.17, 15) is 19.8 Å². The first-order chi connectivity index (χ1) is 17.0. The van der Waals surface area contributed by atoms with Crippen LogP contribution >= 0.6 is 22.6 Å². The third-order valence-corrected chi connectivity index (χ3v) is 8.51. The van der Waals surface area contributed by atoms with Gasteiger partial charge in [-0.15, -0.1) is 0 Å². The second-order valence-corrected chi connectivity index (χ2v) is 11.2. The van der Waals surface area contributed by atoms with Gasteiger partial charge in [-0.2, -0.15) is 0 Å². The van der Waals surface area contributed by atoms with Gasteiger partial charge in [-0.05, 0) is 72.4 Å². The molecule has 3 atom stereocenters. The van der Waals surface area contributed by atoms with E-state index in [0.717, 1.165) is 42.1 Å². The van der Waals surface area contributed by atoms with E-state index >= 15 is 0 Å². The minimum absolute atomic E-state index is 0.0842. The predicted octanol–water partition coefficient (Wildman–Crippen LogP) is 3.56. The number of rotatable bonds is 9.